The third-order valence-corrected chi connectivity index (χ3v) is 2.76. The topological polar surface area (TPSA) is 111 Å². The van der Waals surface area contributed by atoms with E-state index in [0.717, 1.165) is 0 Å². The molecule has 0 heterocycles. The summed E-state index contributed by atoms with van der Waals surface area (Å²) in [5.74, 6) is -0.899. The number of nitrogens with one attached hydrogen (secondary N) is 2. The van der Waals surface area contributed by atoms with Crippen molar-refractivity contribution in [2.24, 2.45) is 17.6 Å². The second kappa shape index (κ2) is 8.39. The van der Waals surface area contributed by atoms with E-state index in [-0.39, 0.29) is 11.8 Å². The van der Waals surface area contributed by atoms with Crippen molar-refractivity contribution in [1.29, 1.82) is 0 Å². The fraction of sp³-hybridized carbons (Fsp3) is 0.769. The number of ether oxygens (including phenoxy) is 1. The zero-order valence-electron chi connectivity index (χ0n) is 12.7. The summed E-state index contributed by atoms with van der Waals surface area (Å²) in [6.45, 7) is 7.42. The SMILES string of the molecule is COC(=O)C(CC(C)C)NC(=O)C(NC(N)=O)C(C)C. The molecule has 0 saturated carbocycles. The van der Waals surface area contributed by atoms with Crippen LogP contribution in [0.15, 0.2) is 0 Å². The fourth-order valence-corrected chi connectivity index (χ4v) is 1.78. The van der Waals surface area contributed by atoms with Gasteiger partial charge in [-0.2, -0.15) is 0 Å². The second-order valence-electron chi connectivity index (χ2n) is 5.44. The van der Waals surface area contributed by atoms with Gasteiger partial charge in [-0.3, -0.25) is 4.79 Å². The van der Waals surface area contributed by atoms with Gasteiger partial charge in [0.2, 0.25) is 5.91 Å². The van der Waals surface area contributed by atoms with Gasteiger partial charge in [0.1, 0.15) is 12.1 Å². The van der Waals surface area contributed by atoms with Gasteiger partial charge >= 0.3 is 12.0 Å². The number of carbonyl (C=O) groups is 3. The van der Waals surface area contributed by atoms with E-state index in [9.17, 15) is 14.4 Å². The molecule has 0 saturated heterocycles. The molecule has 0 radical (unpaired) electrons. The Labute approximate surface area is 119 Å². The van der Waals surface area contributed by atoms with Gasteiger partial charge in [0.15, 0.2) is 0 Å². The zero-order chi connectivity index (χ0) is 15.9. The van der Waals surface area contributed by atoms with Crippen molar-refractivity contribution in [2.45, 2.75) is 46.2 Å². The maximum atomic E-state index is 12.1. The first kappa shape index (κ1) is 18.2. The Hall–Kier alpha value is -1.79. The third kappa shape index (κ3) is 6.40. The van der Waals surface area contributed by atoms with E-state index < -0.39 is 30.0 Å². The van der Waals surface area contributed by atoms with Crippen molar-refractivity contribution in [3.05, 3.63) is 0 Å². The van der Waals surface area contributed by atoms with E-state index in [0.29, 0.717) is 6.42 Å². The molecule has 0 aliphatic carbocycles. The molecule has 0 bridgehead atoms. The Balaban J connectivity index is 4.86. The summed E-state index contributed by atoms with van der Waals surface area (Å²) in [7, 11) is 1.27. The average Bonchev–Trinajstić information content (AvgIpc) is 2.32. The molecule has 4 N–H and O–H groups in total. The first-order valence-electron chi connectivity index (χ1n) is 6.63. The molecule has 0 aromatic carbocycles. The van der Waals surface area contributed by atoms with Crippen molar-refractivity contribution >= 4 is 17.9 Å². The number of nitrogens with two attached hydrogens (primary N) is 1. The highest BCUT2D eigenvalue weighted by Crippen LogP contribution is 2.08. The molecule has 0 rings (SSSR count). The summed E-state index contributed by atoms with van der Waals surface area (Å²) >= 11 is 0. The number of amides is 3. The highest BCUT2D eigenvalue weighted by atomic mass is 16.5. The third-order valence-electron chi connectivity index (χ3n) is 2.76. The van der Waals surface area contributed by atoms with Crippen LogP contribution in [-0.2, 0) is 14.3 Å². The molecule has 7 nitrogen and oxygen atoms in total. The molecule has 20 heavy (non-hydrogen) atoms. The number of rotatable bonds is 7. The number of primary amides is 1. The minimum absolute atomic E-state index is 0.153. The van der Waals surface area contributed by atoms with Gasteiger partial charge in [0, 0.05) is 0 Å². The lowest BCUT2D eigenvalue weighted by Gasteiger charge is -2.24. The average molecular weight is 287 g/mol. The van der Waals surface area contributed by atoms with E-state index in [1.54, 1.807) is 13.8 Å². The highest BCUT2D eigenvalue weighted by molar-refractivity contribution is 5.90. The van der Waals surface area contributed by atoms with E-state index in [2.05, 4.69) is 15.4 Å². The van der Waals surface area contributed by atoms with Crippen LogP contribution in [0.3, 0.4) is 0 Å². The Kier molecular flexibility index (Phi) is 7.64. The highest BCUT2D eigenvalue weighted by Gasteiger charge is 2.29. The van der Waals surface area contributed by atoms with Crippen molar-refractivity contribution < 1.29 is 19.1 Å². The Bertz CT molecular complexity index is 356. The Morgan fingerprint density at radius 3 is 2.00 bits per heavy atom. The van der Waals surface area contributed by atoms with Gasteiger partial charge in [-0.1, -0.05) is 27.7 Å². The van der Waals surface area contributed by atoms with Crippen LogP contribution >= 0.6 is 0 Å². The summed E-state index contributed by atoms with van der Waals surface area (Å²) in [6, 6.07) is -2.30. The molecule has 0 aromatic rings. The number of hydrogen-bond acceptors (Lipinski definition) is 4. The number of urea groups is 1. The van der Waals surface area contributed by atoms with Crippen molar-refractivity contribution in [3.63, 3.8) is 0 Å². The molecule has 3 amide bonds. The molecule has 2 unspecified atom stereocenters. The minimum Gasteiger partial charge on any atom is -0.467 e. The van der Waals surface area contributed by atoms with Crippen LogP contribution in [0.25, 0.3) is 0 Å². The largest absolute Gasteiger partial charge is 0.467 e. The number of hydrogen-bond donors (Lipinski definition) is 3. The van der Waals surface area contributed by atoms with Gasteiger partial charge in [-0.15, -0.1) is 0 Å². The van der Waals surface area contributed by atoms with Gasteiger partial charge < -0.3 is 21.1 Å². The lowest BCUT2D eigenvalue weighted by molar-refractivity contribution is -0.145. The van der Waals surface area contributed by atoms with Crippen molar-refractivity contribution in [3.8, 4) is 0 Å². The molecule has 7 heteroatoms. The normalized spacial score (nSPS) is 13.8. The molecule has 0 spiro atoms. The molecule has 2 atom stereocenters. The van der Waals surface area contributed by atoms with Crippen LogP contribution < -0.4 is 16.4 Å². The van der Waals surface area contributed by atoms with Crippen LogP contribution in [0.2, 0.25) is 0 Å². The second-order valence-corrected chi connectivity index (χ2v) is 5.44. The molecular formula is C13H25N3O4. The Morgan fingerprint density at radius 2 is 1.65 bits per heavy atom. The van der Waals surface area contributed by atoms with Gasteiger partial charge in [0.25, 0.3) is 0 Å². The lowest BCUT2D eigenvalue weighted by atomic mass is 10.0. The summed E-state index contributed by atoms with van der Waals surface area (Å²) in [6.07, 6.45) is 0.458. The molecule has 0 fully saturated rings. The maximum Gasteiger partial charge on any atom is 0.328 e. The quantitative estimate of drug-likeness (QED) is 0.588. The first-order valence-corrected chi connectivity index (χ1v) is 6.63. The predicted molar refractivity (Wildman–Crippen MR) is 74.7 cm³/mol. The van der Waals surface area contributed by atoms with Gasteiger partial charge in [-0.05, 0) is 18.3 Å². The summed E-state index contributed by atoms with van der Waals surface area (Å²) in [4.78, 5) is 34.7. The van der Waals surface area contributed by atoms with Gasteiger partial charge in [0.05, 0.1) is 7.11 Å². The van der Waals surface area contributed by atoms with E-state index in [1.165, 1.54) is 7.11 Å². The molecule has 0 aromatic heterocycles. The molecule has 0 aliphatic heterocycles. The van der Waals surface area contributed by atoms with Crippen LogP contribution in [0.5, 0.6) is 0 Å². The van der Waals surface area contributed by atoms with Gasteiger partial charge in [-0.25, -0.2) is 9.59 Å². The monoisotopic (exact) mass is 287 g/mol. The molecular weight excluding hydrogens is 262 g/mol. The number of carbonyl (C=O) groups excluding carboxylic acids is 3. The standard InChI is InChI=1S/C13H25N3O4/c1-7(2)6-9(12(18)20-5)15-11(17)10(8(3)4)16-13(14)19/h7-10H,6H2,1-5H3,(H,15,17)(H3,14,16,19). The smallest absolute Gasteiger partial charge is 0.328 e. The minimum atomic E-state index is -0.785. The fourth-order valence-electron chi connectivity index (χ4n) is 1.78. The van der Waals surface area contributed by atoms with Crippen molar-refractivity contribution in [2.75, 3.05) is 7.11 Å². The number of esters is 1. The van der Waals surface area contributed by atoms with E-state index in [4.69, 9.17) is 5.73 Å². The molecule has 116 valence electrons. The van der Waals surface area contributed by atoms with Crippen LogP contribution in [0.4, 0.5) is 4.79 Å². The first-order chi connectivity index (χ1) is 9.18. The summed E-state index contributed by atoms with van der Waals surface area (Å²) in [5, 5.41) is 4.97. The van der Waals surface area contributed by atoms with E-state index in [1.807, 2.05) is 13.8 Å². The Morgan fingerprint density at radius 1 is 1.10 bits per heavy atom. The number of methoxy groups -OCH3 is 1. The van der Waals surface area contributed by atoms with E-state index >= 15 is 0 Å². The zero-order valence-corrected chi connectivity index (χ0v) is 12.7. The predicted octanol–water partition coefficient (Wildman–Crippen LogP) is 0.383. The van der Waals surface area contributed by atoms with Crippen molar-refractivity contribution in [1.82, 2.24) is 10.6 Å². The van der Waals surface area contributed by atoms with Crippen LogP contribution in [0, 0.1) is 11.8 Å². The van der Waals surface area contributed by atoms with Crippen LogP contribution in [0.1, 0.15) is 34.1 Å². The summed E-state index contributed by atoms with van der Waals surface area (Å²) < 4.78 is 4.67. The molecule has 0 aliphatic rings. The maximum absolute atomic E-state index is 12.1. The summed E-state index contributed by atoms with van der Waals surface area (Å²) in [5.41, 5.74) is 5.04. The lowest BCUT2D eigenvalue weighted by Crippen LogP contribution is -2.55. The van der Waals surface area contributed by atoms with Crippen LogP contribution in [-0.4, -0.2) is 37.1 Å².